The van der Waals surface area contributed by atoms with Crippen molar-refractivity contribution in [1.29, 1.82) is 0 Å². The number of rotatable bonds is 4. The number of likely N-dealkylation sites (N-methyl/N-ethyl adjacent to an activating group) is 1. The molecule has 3 rings (SSSR count). The number of fused-ring (bicyclic) bond motifs is 1. The first-order chi connectivity index (χ1) is 12.0. The Kier molecular flexibility index (Phi) is 5.04. The van der Waals surface area contributed by atoms with Crippen molar-refractivity contribution in [3.63, 3.8) is 0 Å². The topological polar surface area (TPSA) is 63.4 Å². The number of hydrogen-bond donors (Lipinski definition) is 1. The molecule has 1 unspecified atom stereocenters. The predicted octanol–water partition coefficient (Wildman–Crippen LogP) is 3.71. The molecule has 5 heteroatoms. The molecular weight excluding hydrogens is 380 g/mol. The van der Waals surface area contributed by atoms with Crippen LogP contribution < -0.4 is 5.73 Å². The average molecular weight is 399 g/mol. The first-order valence-corrected chi connectivity index (χ1v) is 8.88. The standard InChI is InChI=1S/C20H19BrN2O2/c1-23(18(19(22)24)15-7-4-8-17(21)12-15)20(25)16-10-9-13-5-2-3-6-14(13)11-16/h2,4-5,7-12,18H,3,6H2,1H3,(H2,22,24). The molecule has 128 valence electrons. The van der Waals surface area contributed by atoms with E-state index in [1.54, 1.807) is 25.2 Å². The van der Waals surface area contributed by atoms with Crippen molar-refractivity contribution >= 4 is 33.8 Å². The van der Waals surface area contributed by atoms with E-state index in [2.05, 4.69) is 28.1 Å². The van der Waals surface area contributed by atoms with Crippen LogP contribution in [0.25, 0.3) is 6.08 Å². The number of primary amides is 1. The molecule has 0 spiro atoms. The summed E-state index contributed by atoms with van der Waals surface area (Å²) in [6, 6.07) is 12.1. The van der Waals surface area contributed by atoms with E-state index < -0.39 is 11.9 Å². The largest absolute Gasteiger partial charge is 0.368 e. The maximum absolute atomic E-state index is 12.9. The van der Waals surface area contributed by atoms with Crippen LogP contribution in [-0.4, -0.2) is 23.8 Å². The van der Waals surface area contributed by atoms with Crippen molar-refractivity contribution in [2.24, 2.45) is 5.73 Å². The Morgan fingerprint density at radius 1 is 1.20 bits per heavy atom. The normalized spacial score (nSPS) is 13.8. The molecule has 25 heavy (non-hydrogen) atoms. The molecule has 0 radical (unpaired) electrons. The van der Waals surface area contributed by atoms with Gasteiger partial charge in [0.1, 0.15) is 6.04 Å². The number of allylic oxidation sites excluding steroid dienone is 1. The van der Waals surface area contributed by atoms with Gasteiger partial charge in [0.25, 0.3) is 5.91 Å². The lowest BCUT2D eigenvalue weighted by molar-refractivity contribution is -0.122. The van der Waals surface area contributed by atoms with Crippen LogP contribution in [0, 0.1) is 0 Å². The smallest absolute Gasteiger partial charge is 0.254 e. The minimum atomic E-state index is -0.819. The molecule has 1 atom stereocenters. The number of aryl methyl sites for hydroxylation is 1. The predicted molar refractivity (Wildman–Crippen MR) is 102 cm³/mol. The molecular formula is C20H19BrN2O2. The SMILES string of the molecule is CN(C(=O)c1ccc2c(c1)CCC=C2)C(C(N)=O)c1cccc(Br)c1. The van der Waals surface area contributed by atoms with Crippen LogP contribution in [0.4, 0.5) is 0 Å². The Morgan fingerprint density at radius 2 is 2.00 bits per heavy atom. The lowest BCUT2D eigenvalue weighted by atomic mass is 9.95. The molecule has 1 aliphatic carbocycles. The number of nitrogens with two attached hydrogens (primary N) is 1. The van der Waals surface area contributed by atoms with Gasteiger partial charge in [-0.05, 0) is 53.8 Å². The van der Waals surface area contributed by atoms with E-state index in [1.807, 2.05) is 24.3 Å². The molecule has 0 aliphatic heterocycles. The highest BCUT2D eigenvalue weighted by atomic mass is 79.9. The van der Waals surface area contributed by atoms with Crippen molar-refractivity contribution in [1.82, 2.24) is 4.90 Å². The summed E-state index contributed by atoms with van der Waals surface area (Å²) in [5.41, 5.74) is 9.13. The van der Waals surface area contributed by atoms with Crippen LogP contribution in [-0.2, 0) is 11.2 Å². The number of carbonyl (C=O) groups excluding carboxylic acids is 2. The van der Waals surface area contributed by atoms with E-state index in [9.17, 15) is 9.59 Å². The zero-order valence-corrected chi connectivity index (χ0v) is 15.5. The number of halogens is 1. The Hall–Kier alpha value is -2.40. The lowest BCUT2D eigenvalue weighted by Crippen LogP contribution is -2.39. The van der Waals surface area contributed by atoms with Crippen molar-refractivity contribution in [2.45, 2.75) is 18.9 Å². The summed E-state index contributed by atoms with van der Waals surface area (Å²) in [5, 5.41) is 0. The zero-order valence-electron chi connectivity index (χ0n) is 13.9. The number of hydrogen-bond acceptors (Lipinski definition) is 2. The second kappa shape index (κ2) is 7.23. The number of benzene rings is 2. The summed E-state index contributed by atoms with van der Waals surface area (Å²) in [6.07, 6.45) is 6.10. The van der Waals surface area contributed by atoms with Gasteiger partial charge in [-0.2, -0.15) is 0 Å². The van der Waals surface area contributed by atoms with Crippen LogP contribution in [0.2, 0.25) is 0 Å². The highest BCUT2D eigenvalue weighted by molar-refractivity contribution is 9.10. The highest BCUT2D eigenvalue weighted by Crippen LogP contribution is 2.26. The van der Waals surface area contributed by atoms with Gasteiger partial charge in [-0.15, -0.1) is 0 Å². The monoisotopic (exact) mass is 398 g/mol. The van der Waals surface area contributed by atoms with Crippen molar-refractivity contribution < 1.29 is 9.59 Å². The fourth-order valence-corrected chi connectivity index (χ4v) is 3.56. The third kappa shape index (κ3) is 3.66. The van der Waals surface area contributed by atoms with Crippen molar-refractivity contribution in [3.05, 3.63) is 75.3 Å². The summed E-state index contributed by atoms with van der Waals surface area (Å²) >= 11 is 3.39. The number of carbonyl (C=O) groups is 2. The van der Waals surface area contributed by atoms with Gasteiger partial charge in [0.05, 0.1) is 0 Å². The molecule has 0 bridgehead atoms. The summed E-state index contributed by atoms with van der Waals surface area (Å²) in [5.74, 6) is -0.782. The summed E-state index contributed by atoms with van der Waals surface area (Å²) < 4.78 is 0.831. The van der Waals surface area contributed by atoms with Crippen molar-refractivity contribution in [2.75, 3.05) is 7.05 Å². The van der Waals surface area contributed by atoms with E-state index in [1.165, 1.54) is 4.90 Å². The second-order valence-electron chi connectivity index (χ2n) is 6.13. The van der Waals surface area contributed by atoms with Crippen LogP contribution in [0.15, 0.2) is 53.0 Å². The third-order valence-electron chi connectivity index (χ3n) is 4.41. The second-order valence-corrected chi connectivity index (χ2v) is 7.05. The van der Waals surface area contributed by atoms with Crippen LogP contribution in [0.1, 0.15) is 39.5 Å². The molecule has 2 amide bonds. The molecule has 2 aromatic carbocycles. The lowest BCUT2D eigenvalue weighted by Gasteiger charge is -2.26. The Bertz CT molecular complexity index is 861. The van der Waals surface area contributed by atoms with E-state index in [4.69, 9.17) is 5.73 Å². The first kappa shape index (κ1) is 17.4. The van der Waals surface area contributed by atoms with Gasteiger partial charge in [-0.3, -0.25) is 9.59 Å². The molecule has 0 saturated heterocycles. The van der Waals surface area contributed by atoms with E-state index in [0.717, 1.165) is 28.4 Å². The van der Waals surface area contributed by atoms with Gasteiger partial charge in [0, 0.05) is 17.1 Å². The summed E-state index contributed by atoms with van der Waals surface area (Å²) in [6.45, 7) is 0. The maximum Gasteiger partial charge on any atom is 0.254 e. The molecule has 0 fully saturated rings. The summed E-state index contributed by atoms with van der Waals surface area (Å²) in [7, 11) is 1.61. The average Bonchev–Trinajstić information content (AvgIpc) is 2.60. The van der Waals surface area contributed by atoms with Crippen LogP contribution >= 0.6 is 15.9 Å². The van der Waals surface area contributed by atoms with Gasteiger partial charge < -0.3 is 10.6 Å². The highest BCUT2D eigenvalue weighted by Gasteiger charge is 2.28. The van der Waals surface area contributed by atoms with Crippen LogP contribution in [0.3, 0.4) is 0 Å². The third-order valence-corrected chi connectivity index (χ3v) is 4.90. The van der Waals surface area contributed by atoms with Gasteiger partial charge >= 0.3 is 0 Å². The fourth-order valence-electron chi connectivity index (χ4n) is 3.14. The number of nitrogens with zero attached hydrogens (tertiary/aromatic N) is 1. The van der Waals surface area contributed by atoms with Gasteiger partial charge in [0.2, 0.25) is 5.91 Å². The zero-order chi connectivity index (χ0) is 18.0. The van der Waals surface area contributed by atoms with Crippen molar-refractivity contribution in [3.8, 4) is 0 Å². The van der Waals surface area contributed by atoms with E-state index in [0.29, 0.717) is 11.1 Å². The maximum atomic E-state index is 12.9. The van der Waals surface area contributed by atoms with E-state index >= 15 is 0 Å². The van der Waals surface area contributed by atoms with E-state index in [-0.39, 0.29) is 5.91 Å². The van der Waals surface area contributed by atoms with Gasteiger partial charge in [-0.25, -0.2) is 0 Å². The minimum Gasteiger partial charge on any atom is -0.368 e. The Labute approximate surface area is 155 Å². The number of amides is 2. The summed E-state index contributed by atoms with van der Waals surface area (Å²) in [4.78, 5) is 26.4. The first-order valence-electron chi connectivity index (χ1n) is 8.09. The molecule has 2 aromatic rings. The Morgan fingerprint density at radius 3 is 2.72 bits per heavy atom. The van der Waals surface area contributed by atoms with Gasteiger partial charge in [-0.1, -0.05) is 46.3 Å². The molecule has 0 heterocycles. The van der Waals surface area contributed by atoms with Gasteiger partial charge in [0.15, 0.2) is 0 Å². The minimum absolute atomic E-state index is 0.221. The molecule has 2 N–H and O–H groups in total. The fraction of sp³-hybridized carbons (Fsp3) is 0.200. The van der Waals surface area contributed by atoms with Crippen LogP contribution in [0.5, 0.6) is 0 Å². The quantitative estimate of drug-likeness (QED) is 0.852. The molecule has 0 saturated carbocycles. The Balaban J connectivity index is 1.92. The molecule has 1 aliphatic rings. The molecule has 4 nitrogen and oxygen atoms in total. The molecule has 0 aromatic heterocycles.